The van der Waals surface area contributed by atoms with Gasteiger partial charge in [-0.25, -0.2) is 44.4 Å². The van der Waals surface area contributed by atoms with Crippen LogP contribution in [0.15, 0.2) is 498 Å². The van der Waals surface area contributed by atoms with Crippen LogP contribution < -0.4 is 4.57 Å². The van der Waals surface area contributed by atoms with Gasteiger partial charge in [-0.1, -0.05) is 400 Å². The lowest BCUT2D eigenvalue weighted by Gasteiger charge is -2.15. The molecule has 0 radical (unpaired) electrons. The van der Waals surface area contributed by atoms with Gasteiger partial charge in [0.2, 0.25) is 5.52 Å². The quantitative estimate of drug-likeness (QED) is 0.0757. The van der Waals surface area contributed by atoms with Crippen LogP contribution >= 0.6 is 0 Å². The van der Waals surface area contributed by atoms with E-state index < -0.39 is 0 Å². The molecule has 7 heterocycles. The Morgan fingerprint density at radius 2 is 0.476 bits per heavy atom. The average molecular weight is 1830 g/mol. The molecule has 0 unspecified atom stereocenters. The molecule has 0 atom stereocenters. The van der Waals surface area contributed by atoms with Crippen LogP contribution in [0.4, 0.5) is 0 Å². The molecule has 0 bridgehead atoms. The molecule has 0 spiro atoms. The van der Waals surface area contributed by atoms with Crippen molar-refractivity contribution in [2.45, 2.75) is 0 Å². The van der Waals surface area contributed by atoms with Crippen molar-refractivity contribution in [2.24, 2.45) is 7.05 Å². The van der Waals surface area contributed by atoms with Crippen molar-refractivity contribution in [3.05, 3.63) is 498 Å². The minimum absolute atomic E-state index is 0.620. The summed E-state index contributed by atoms with van der Waals surface area (Å²) >= 11 is 0. The highest BCUT2D eigenvalue weighted by molar-refractivity contribution is 6.16. The van der Waals surface area contributed by atoms with Gasteiger partial charge in [-0.2, -0.15) is 0 Å². The fraction of sp³-hybridized carbons (Fsp3) is 0.00763. The van der Waals surface area contributed by atoms with Crippen molar-refractivity contribution in [1.29, 1.82) is 0 Å². The summed E-state index contributed by atoms with van der Waals surface area (Å²) in [5.41, 5.74) is 24.7. The number of aromatic nitrogens is 12. The molecule has 0 aliphatic heterocycles. The van der Waals surface area contributed by atoms with Gasteiger partial charge in [0.05, 0.1) is 33.7 Å². The second-order valence-electron chi connectivity index (χ2n) is 35.9. The largest absolute Gasteiger partial charge is 0.256 e. The molecular weight excluding hydrogens is 1740 g/mol. The average Bonchev–Trinajstić information content (AvgIpc) is 0.744. The van der Waals surface area contributed by atoms with E-state index >= 15 is 0 Å². The number of fused-ring (bicyclic) bond motifs is 12. The molecule has 12 nitrogen and oxygen atoms in total. The summed E-state index contributed by atoms with van der Waals surface area (Å²) in [6, 6.07) is 165. The number of nitrogens with zero attached hydrogens (tertiary/aromatic N) is 12. The number of hydrogen-bond donors (Lipinski definition) is 0. The fourth-order valence-electron chi connectivity index (χ4n) is 19.8. The van der Waals surface area contributed by atoms with Crippen LogP contribution in [0.25, 0.3) is 266 Å². The van der Waals surface area contributed by atoms with E-state index in [-0.39, 0.29) is 0 Å². The van der Waals surface area contributed by atoms with Gasteiger partial charge in [0.25, 0.3) is 0 Å². The smallest absolute Gasteiger partial charge is 0.220 e. The minimum Gasteiger partial charge on any atom is -0.256 e. The number of hydrogen-bond acceptors (Lipinski definition) is 11. The molecular formula is C131H85N12+. The van der Waals surface area contributed by atoms with Crippen LogP contribution in [0.5, 0.6) is 0 Å². The maximum absolute atomic E-state index is 5.32. The molecule has 0 N–H and O–H groups in total. The maximum atomic E-state index is 5.32. The third-order valence-corrected chi connectivity index (χ3v) is 27.1. The molecule has 0 saturated heterocycles. The molecule has 7 aromatic heterocycles. The first-order valence-corrected chi connectivity index (χ1v) is 47.9. The highest BCUT2D eigenvalue weighted by atomic mass is 15.0. The molecule has 0 amide bonds. The Kier molecular flexibility index (Phi) is 22.3. The summed E-state index contributed by atoms with van der Waals surface area (Å²) in [7, 11) is 2.09. The van der Waals surface area contributed by atoms with E-state index in [1.165, 1.54) is 81.3 Å². The molecule has 0 aliphatic carbocycles. The third kappa shape index (κ3) is 17.0. The van der Waals surface area contributed by atoms with E-state index in [4.69, 9.17) is 44.9 Å². The first-order valence-electron chi connectivity index (χ1n) is 47.9. The van der Waals surface area contributed by atoms with E-state index in [0.717, 1.165) is 144 Å². The predicted octanol–water partition coefficient (Wildman–Crippen LogP) is 32.1. The van der Waals surface area contributed by atoms with E-state index in [1.54, 1.807) is 0 Å². The zero-order valence-electron chi connectivity index (χ0n) is 77.7. The number of para-hydroxylation sites is 3. The first-order chi connectivity index (χ1) is 70.7. The summed E-state index contributed by atoms with van der Waals surface area (Å²) in [5.74, 6) is 4.49. The van der Waals surface area contributed by atoms with E-state index in [0.29, 0.717) is 40.8 Å². The summed E-state index contributed by atoms with van der Waals surface area (Å²) in [4.78, 5) is 54.8. The Morgan fingerprint density at radius 3 is 0.937 bits per heavy atom. The van der Waals surface area contributed by atoms with Crippen molar-refractivity contribution < 1.29 is 4.57 Å². The molecule has 12 heteroatoms. The van der Waals surface area contributed by atoms with Gasteiger partial charge in [-0.15, -0.1) is 0 Å². The van der Waals surface area contributed by atoms with Crippen LogP contribution in [-0.2, 0) is 7.05 Å². The molecule has 143 heavy (non-hydrogen) atoms. The van der Waals surface area contributed by atoms with E-state index in [1.807, 2.05) is 42.9 Å². The lowest BCUT2D eigenvalue weighted by Crippen LogP contribution is -2.28. The zero-order chi connectivity index (χ0) is 95.1. The molecule has 0 saturated carbocycles. The Bertz CT molecular complexity index is 9350. The predicted molar refractivity (Wildman–Crippen MR) is 587 cm³/mol. The monoisotopic (exact) mass is 1830 g/mol. The molecule has 27 aromatic rings. The second kappa shape index (κ2) is 37.3. The minimum atomic E-state index is 0.620. The van der Waals surface area contributed by atoms with Crippen molar-refractivity contribution in [2.75, 3.05) is 0 Å². The van der Waals surface area contributed by atoms with Gasteiger partial charge >= 0.3 is 0 Å². The normalized spacial score (nSPS) is 11.4. The lowest BCUT2D eigenvalue weighted by molar-refractivity contribution is -0.644. The van der Waals surface area contributed by atoms with Crippen molar-refractivity contribution >= 4 is 108 Å². The Labute approximate surface area is 824 Å². The van der Waals surface area contributed by atoms with Gasteiger partial charge in [0, 0.05) is 113 Å². The van der Waals surface area contributed by atoms with Gasteiger partial charge in [0.15, 0.2) is 47.0 Å². The highest BCUT2D eigenvalue weighted by Gasteiger charge is 2.23. The van der Waals surface area contributed by atoms with Crippen LogP contribution in [0.2, 0.25) is 0 Å². The highest BCUT2D eigenvalue weighted by Crippen LogP contribution is 2.43. The summed E-state index contributed by atoms with van der Waals surface area (Å²) in [5, 5.41) is 20.0. The Morgan fingerprint density at radius 1 is 0.161 bits per heavy atom. The number of aryl methyl sites for hydroxylation is 1. The van der Waals surface area contributed by atoms with Crippen molar-refractivity contribution in [3.8, 4) is 158 Å². The molecule has 20 aromatic carbocycles. The zero-order valence-corrected chi connectivity index (χ0v) is 77.7. The number of benzene rings is 20. The van der Waals surface area contributed by atoms with Crippen LogP contribution in [0.1, 0.15) is 0 Å². The van der Waals surface area contributed by atoms with Crippen molar-refractivity contribution in [3.63, 3.8) is 0 Å². The third-order valence-electron chi connectivity index (χ3n) is 27.1. The van der Waals surface area contributed by atoms with Gasteiger partial charge < -0.3 is 0 Å². The van der Waals surface area contributed by atoms with E-state index in [9.17, 15) is 0 Å². The van der Waals surface area contributed by atoms with E-state index in [2.05, 4.69) is 477 Å². The number of pyridine rings is 4. The fourth-order valence-corrected chi connectivity index (χ4v) is 19.8. The van der Waals surface area contributed by atoms with Gasteiger partial charge in [-0.3, -0.25) is 15.0 Å². The molecule has 0 aliphatic rings. The SMILES string of the molecule is C[n+]1cccc2cccc(-c3ccc(-c4nc(-c5ccc(-c6ccccc6)cc5)nc(-c5ccc(-c6cccc7cccnc67)cc5)n4)cc3)c21.c1ccc2cc(-c3ccc(-c4nc(-c5cc6ccccc6c6ccccc56)cc(-c5cc6ccccc6c6ccccc56)n4)cc3)ncc2c1.c1ccc2cc(-c3nc(-c4ccc(-c5cccc6cccnc56)cc4)nc(-c4ccc5ccccc5c4)n3)ccc2c1. The molecule has 0 fully saturated rings. The standard InChI is InChI=1S/C47H29N3.C46H32N5.C38H24N4/c1-2-14-35-29-48-44(27-32(35)11-1)30-21-23-31(24-22-30)47-49-45(42-25-33-12-3-5-15-36(33)38-17-7-9-19-40(38)42)28-46(50-47)43-26-34-13-4-6-16-37(34)39-18-8-10-20-41(39)43;1-51-30-8-14-36-12-6-16-41(43(36)51)34-21-27-39(28-22-34)46-49-44(37-23-17-32(18-24-37)31-9-3-2-4-10-31)48-45(50-46)38-25-19-33(20-26-38)40-15-5-11-35-13-7-29-47-42(35)40;1-3-9-30-23-32(20-14-25(30)7-1)37-40-36(41-38(42-37)33-21-15-26-8-2-4-10-31(26)24-33)29-18-16-27(17-19-29)34-13-5-11-28-12-6-22-39-35(28)34/h1-29H;2-30H,1H3;1-24H/q;+1;. The van der Waals surface area contributed by atoms with Crippen LogP contribution in [0.3, 0.4) is 0 Å². The lowest BCUT2D eigenvalue weighted by atomic mass is 9.93. The topological polar surface area (TPSA) is 146 Å². The second-order valence-corrected chi connectivity index (χ2v) is 35.9. The van der Waals surface area contributed by atoms with Crippen LogP contribution in [-0.4, -0.2) is 54.8 Å². The van der Waals surface area contributed by atoms with Crippen LogP contribution in [0, 0.1) is 0 Å². The Balaban J connectivity index is 0.000000113. The van der Waals surface area contributed by atoms with Gasteiger partial charge in [-0.05, 0) is 165 Å². The molecule has 27 rings (SSSR count). The number of rotatable bonds is 14. The summed E-state index contributed by atoms with van der Waals surface area (Å²) < 4.78 is 2.17. The van der Waals surface area contributed by atoms with Crippen molar-refractivity contribution in [1.82, 2.24) is 54.8 Å². The maximum Gasteiger partial charge on any atom is 0.220 e. The Hall–Kier alpha value is -19.3. The van der Waals surface area contributed by atoms with Gasteiger partial charge in [0.1, 0.15) is 7.05 Å². The molecule has 668 valence electrons. The summed E-state index contributed by atoms with van der Waals surface area (Å²) in [6.45, 7) is 0. The summed E-state index contributed by atoms with van der Waals surface area (Å²) in [6.07, 6.45) is 7.72. The first kappa shape index (κ1) is 85.4.